The van der Waals surface area contributed by atoms with Crippen LogP contribution in [0.1, 0.15) is 18.4 Å². The first-order valence-corrected chi connectivity index (χ1v) is 9.11. The van der Waals surface area contributed by atoms with Crippen LogP contribution in [0.2, 0.25) is 5.02 Å². The second-order valence-electron chi connectivity index (χ2n) is 6.03. The third-order valence-corrected chi connectivity index (χ3v) is 4.44. The summed E-state index contributed by atoms with van der Waals surface area (Å²) < 4.78 is 24.7. The number of benzene rings is 1. The second kappa shape index (κ2) is 13.5. The van der Waals surface area contributed by atoms with Crippen LogP contribution in [0.25, 0.3) is 0 Å². The van der Waals surface area contributed by atoms with Crippen molar-refractivity contribution in [2.45, 2.75) is 19.3 Å². The predicted molar refractivity (Wildman–Crippen MR) is 114 cm³/mol. The summed E-state index contributed by atoms with van der Waals surface area (Å²) in [5, 5.41) is 6.84. The smallest absolute Gasteiger partial charge is 0.190 e. The molecule has 1 atom stereocenters. The Hall–Kier alpha value is -0.640. The van der Waals surface area contributed by atoms with Crippen molar-refractivity contribution in [3.8, 4) is 0 Å². The normalized spacial score (nSPS) is 17.0. The number of halogens is 3. The van der Waals surface area contributed by atoms with E-state index in [-0.39, 0.29) is 29.8 Å². The first-order valence-electron chi connectivity index (χ1n) is 8.73. The molecule has 1 aromatic rings. The van der Waals surface area contributed by atoms with Crippen molar-refractivity contribution in [2.75, 3.05) is 46.6 Å². The maximum Gasteiger partial charge on any atom is 0.190 e. The molecule has 5 nitrogen and oxygen atoms in total. The van der Waals surface area contributed by atoms with E-state index in [1.165, 1.54) is 6.07 Å². The van der Waals surface area contributed by atoms with Crippen LogP contribution in [0.4, 0.5) is 4.39 Å². The Bertz CT molecular complexity index is 537. The molecule has 0 spiro atoms. The van der Waals surface area contributed by atoms with Crippen molar-refractivity contribution in [3.05, 3.63) is 34.6 Å². The summed E-state index contributed by atoms with van der Waals surface area (Å²) in [4.78, 5) is 4.16. The van der Waals surface area contributed by atoms with Gasteiger partial charge >= 0.3 is 0 Å². The maximum absolute atomic E-state index is 13.7. The summed E-state index contributed by atoms with van der Waals surface area (Å²) in [6.07, 6.45) is 2.49. The van der Waals surface area contributed by atoms with Gasteiger partial charge in [-0.2, -0.15) is 0 Å². The Morgan fingerprint density at radius 1 is 1.38 bits per heavy atom. The number of hydrogen-bond acceptors (Lipinski definition) is 3. The van der Waals surface area contributed by atoms with E-state index in [0.29, 0.717) is 42.0 Å². The molecule has 1 aliphatic heterocycles. The highest BCUT2D eigenvalue weighted by Crippen LogP contribution is 2.18. The lowest BCUT2D eigenvalue weighted by atomic mass is 10.1. The number of ether oxygens (including phenoxy) is 2. The van der Waals surface area contributed by atoms with Gasteiger partial charge in [-0.1, -0.05) is 17.7 Å². The monoisotopic (exact) mass is 499 g/mol. The van der Waals surface area contributed by atoms with Crippen molar-refractivity contribution in [3.63, 3.8) is 0 Å². The van der Waals surface area contributed by atoms with Crippen LogP contribution in [0.15, 0.2) is 23.2 Å². The van der Waals surface area contributed by atoms with Crippen molar-refractivity contribution >= 4 is 41.5 Å². The molecule has 0 radical (unpaired) electrons. The van der Waals surface area contributed by atoms with Gasteiger partial charge in [0, 0.05) is 49.9 Å². The number of guanidine groups is 1. The predicted octanol–water partition coefficient (Wildman–Crippen LogP) is 3.25. The molecule has 148 valence electrons. The molecule has 1 aliphatic rings. The lowest BCUT2D eigenvalue weighted by Crippen LogP contribution is -2.39. The van der Waals surface area contributed by atoms with Gasteiger partial charge in [0.1, 0.15) is 5.82 Å². The van der Waals surface area contributed by atoms with Crippen LogP contribution in [-0.2, 0) is 15.9 Å². The molecule has 2 N–H and O–H groups in total. The third-order valence-electron chi connectivity index (χ3n) is 4.09. The Morgan fingerprint density at radius 2 is 2.19 bits per heavy atom. The zero-order chi connectivity index (χ0) is 17.9. The van der Waals surface area contributed by atoms with Gasteiger partial charge < -0.3 is 20.1 Å². The van der Waals surface area contributed by atoms with Crippen molar-refractivity contribution in [1.29, 1.82) is 0 Å². The fourth-order valence-electron chi connectivity index (χ4n) is 2.64. The summed E-state index contributed by atoms with van der Waals surface area (Å²) in [6.45, 7) is 4.48. The van der Waals surface area contributed by atoms with Gasteiger partial charge in [0.05, 0.1) is 13.2 Å². The highest BCUT2D eigenvalue weighted by atomic mass is 127. The molecule has 0 amide bonds. The van der Waals surface area contributed by atoms with Gasteiger partial charge in [-0.25, -0.2) is 4.39 Å². The number of nitrogens with one attached hydrogen (secondary N) is 2. The summed E-state index contributed by atoms with van der Waals surface area (Å²) in [5.41, 5.74) is 0.524. The Morgan fingerprint density at radius 3 is 2.88 bits per heavy atom. The quantitative estimate of drug-likeness (QED) is 0.237. The highest BCUT2D eigenvalue weighted by Gasteiger charge is 2.15. The molecule has 8 heteroatoms. The number of rotatable bonds is 9. The van der Waals surface area contributed by atoms with Gasteiger partial charge in [0.2, 0.25) is 0 Å². The minimum Gasteiger partial charge on any atom is -0.381 e. The summed E-state index contributed by atoms with van der Waals surface area (Å²) in [5.74, 6) is 0.964. The summed E-state index contributed by atoms with van der Waals surface area (Å²) in [6, 6.07) is 4.73. The van der Waals surface area contributed by atoms with E-state index in [0.717, 1.165) is 39.2 Å². The van der Waals surface area contributed by atoms with Crippen LogP contribution in [0, 0.1) is 11.7 Å². The minimum absolute atomic E-state index is 0. The molecule has 1 heterocycles. The lowest BCUT2D eigenvalue weighted by molar-refractivity contribution is 0.0888. The molecule has 26 heavy (non-hydrogen) atoms. The van der Waals surface area contributed by atoms with Gasteiger partial charge in [0.15, 0.2) is 5.96 Å². The van der Waals surface area contributed by atoms with Crippen LogP contribution in [0.3, 0.4) is 0 Å². The average molecular weight is 500 g/mol. The molecule has 1 fully saturated rings. The fraction of sp³-hybridized carbons (Fsp3) is 0.611. The van der Waals surface area contributed by atoms with Crippen molar-refractivity contribution in [1.82, 2.24) is 10.6 Å². The van der Waals surface area contributed by atoms with E-state index < -0.39 is 0 Å². The van der Waals surface area contributed by atoms with E-state index in [4.69, 9.17) is 21.1 Å². The number of hydrogen-bond donors (Lipinski definition) is 2. The standard InChI is InChI=1S/C18H27ClFN3O2.HI/c1-21-18(22-8-3-10-24-12-14-7-11-25-13-14)23-9-6-15-16(19)4-2-5-17(15)20;/h2,4-5,14H,3,6-13H2,1H3,(H2,21,22,23);1H. The first kappa shape index (κ1) is 23.4. The van der Waals surface area contributed by atoms with Crippen LogP contribution in [-0.4, -0.2) is 52.5 Å². The minimum atomic E-state index is -0.276. The molecule has 0 bridgehead atoms. The Labute approximate surface area is 177 Å². The molecule has 1 aromatic carbocycles. The van der Waals surface area contributed by atoms with E-state index >= 15 is 0 Å². The summed E-state index contributed by atoms with van der Waals surface area (Å²) in [7, 11) is 1.71. The van der Waals surface area contributed by atoms with Crippen LogP contribution < -0.4 is 10.6 Å². The van der Waals surface area contributed by atoms with Crippen LogP contribution in [0.5, 0.6) is 0 Å². The average Bonchev–Trinajstić information content (AvgIpc) is 3.12. The Balaban J connectivity index is 0.00000338. The second-order valence-corrected chi connectivity index (χ2v) is 6.44. The lowest BCUT2D eigenvalue weighted by Gasteiger charge is -2.13. The third kappa shape index (κ3) is 8.37. The number of nitrogens with zero attached hydrogens (tertiary/aromatic N) is 1. The topological polar surface area (TPSA) is 54.9 Å². The van der Waals surface area contributed by atoms with Gasteiger partial charge in [-0.15, -0.1) is 24.0 Å². The SMILES string of the molecule is CN=C(NCCCOCC1CCOC1)NCCc1c(F)cccc1Cl.I. The molecule has 1 unspecified atom stereocenters. The van der Waals surface area contributed by atoms with E-state index in [9.17, 15) is 4.39 Å². The fourth-order valence-corrected chi connectivity index (χ4v) is 2.90. The Kier molecular flexibility index (Phi) is 12.2. The number of aliphatic imine (C=N–C) groups is 1. The zero-order valence-electron chi connectivity index (χ0n) is 15.1. The van der Waals surface area contributed by atoms with Gasteiger partial charge in [-0.05, 0) is 31.4 Å². The molecule has 0 aromatic heterocycles. The molecule has 1 saturated heterocycles. The maximum atomic E-state index is 13.7. The van der Waals surface area contributed by atoms with Gasteiger partial charge in [0.25, 0.3) is 0 Å². The largest absolute Gasteiger partial charge is 0.381 e. The first-order chi connectivity index (χ1) is 12.2. The van der Waals surface area contributed by atoms with E-state index in [1.54, 1.807) is 19.2 Å². The van der Waals surface area contributed by atoms with Crippen molar-refractivity contribution in [2.24, 2.45) is 10.9 Å². The summed E-state index contributed by atoms with van der Waals surface area (Å²) >= 11 is 6.02. The molecular formula is C18H28ClFIN3O2. The molecular weight excluding hydrogens is 472 g/mol. The van der Waals surface area contributed by atoms with Crippen molar-refractivity contribution < 1.29 is 13.9 Å². The molecule has 2 rings (SSSR count). The highest BCUT2D eigenvalue weighted by molar-refractivity contribution is 14.0. The van der Waals surface area contributed by atoms with Gasteiger partial charge in [-0.3, -0.25) is 4.99 Å². The van der Waals surface area contributed by atoms with Crippen LogP contribution >= 0.6 is 35.6 Å². The van der Waals surface area contributed by atoms with E-state index in [1.807, 2.05) is 0 Å². The van der Waals surface area contributed by atoms with E-state index in [2.05, 4.69) is 15.6 Å². The molecule has 0 saturated carbocycles. The zero-order valence-corrected chi connectivity index (χ0v) is 18.2. The molecule has 0 aliphatic carbocycles.